The maximum absolute atomic E-state index is 11.3. The lowest BCUT2D eigenvalue weighted by Crippen LogP contribution is -2.29. The summed E-state index contributed by atoms with van der Waals surface area (Å²) < 4.78 is 4.91. The minimum Gasteiger partial charge on any atom is -0.447 e. The monoisotopic (exact) mass is 205 g/mol. The van der Waals surface area contributed by atoms with Crippen LogP contribution in [0.5, 0.6) is 0 Å². The molecular weight excluding hydrogens is 194 g/mol. The Morgan fingerprint density at radius 2 is 2.13 bits per heavy atom. The minimum atomic E-state index is -0.420. The molecule has 1 fully saturated rings. The predicted octanol–water partition coefficient (Wildman–Crippen LogP) is 1.38. The van der Waals surface area contributed by atoms with Gasteiger partial charge in [0.15, 0.2) is 0 Å². The Balaban J connectivity index is 2.22. The molecule has 0 aromatic heterocycles. The van der Waals surface area contributed by atoms with Crippen LogP contribution < -0.4 is 0 Å². The molecule has 2 rings (SSSR count). The number of ether oxygens (including phenoxy) is 1. The van der Waals surface area contributed by atoms with Crippen molar-refractivity contribution in [1.29, 1.82) is 0 Å². The van der Waals surface area contributed by atoms with Crippen LogP contribution in [0.4, 0.5) is 4.79 Å². The molecule has 0 saturated carbocycles. The number of aldehydes is 1. The number of amides is 1. The van der Waals surface area contributed by atoms with Gasteiger partial charge in [-0.05, 0) is 5.56 Å². The molecule has 1 saturated heterocycles. The molecule has 1 heterocycles. The fourth-order valence-electron chi connectivity index (χ4n) is 1.68. The lowest BCUT2D eigenvalue weighted by atomic mass is 10.1. The molecule has 0 bridgehead atoms. The Hall–Kier alpha value is -1.84. The zero-order valence-electron chi connectivity index (χ0n) is 8.13. The van der Waals surface area contributed by atoms with Crippen molar-refractivity contribution in [2.45, 2.75) is 6.04 Å². The number of hydrogen-bond acceptors (Lipinski definition) is 3. The molecule has 1 amide bonds. The molecule has 15 heavy (non-hydrogen) atoms. The van der Waals surface area contributed by atoms with Crippen LogP contribution >= 0.6 is 0 Å². The van der Waals surface area contributed by atoms with Crippen molar-refractivity contribution >= 4 is 12.4 Å². The van der Waals surface area contributed by atoms with Crippen molar-refractivity contribution < 1.29 is 14.3 Å². The van der Waals surface area contributed by atoms with Crippen molar-refractivity contribution in [3.05, 3.63) is 35.9 Å². The molecule has 0 aliphatic carbocycles. The molecular formula is C11H11NO3. The Morgan fingerprint density at radius 1 is 1.40 bits per heavy atom. The van der Waals surface area contributed by atoms with Gasteiger partial charge >= 0.3 is 6.09 Å². The van der Waals surface area contributed by atoms with E-state index in [1.54, 1.807) is 0 Å². The molecule has 4 heteroatoms. The quantitative estimate of drug-likeness (QED) is 0.700. The maximum Gasteiger partial charge on any atom is 0.410 e. The van der Waals surface area contributed by atoms with Crippen LogP contribution in [0.25, 0.3) is 0 Å². The van der Waals surface area contributed by atoms with E-state index in [2.05, 4.69) is 0 Å². The van der Waals surface area contributed by atoms with E-state index in [1.807, 2.05) is 30.3 Å². The van der Waals surface area contributed by atoms with Gasteiger partial charge in [-0.25, -0.2) is 4.79 Å². The Bertz CT molecular complexity index is 363. The fraction of sp³-hybridized carbons (Fsp3) is 0.273. The van der Waals surface area contributed by atoms with Gasteiger partial charge in [0, 0.05) is 0 Å². The van der Waals surface area contributed by atoms with E-state index < -0.39 is 6.09 Å². The first-order valence-electron chi connectivity index (χ1n) is 4.75. The van der Waals surface area contributed by atoms with E-state index in [9.17, 15) is 9.59 Å². The minimum absolute atomic E-state index is 0.0817. The summed E-state index contributed by atoms with van der Waals surface area (Å²) >= 11 is 0. The number of hydrogen-bond donors (Lipinski definition) is 0. The fourth-order valence-corrected chi connectivity index (χ4v) is 1.68. The van der Waals surface area contributed by atoms with E-state index in [1.165, 1.54) is 4.90 Å². The molecule has 4 nitrogen and oxygen atoms in total. The predicted molar refractivity (Wildman–Crippen MR) is 53.3 cm³/mol. The molecule has 1 aromatic carbocycles. The summed E-state index contributed by atoms with van der Waals surface area (Å²) in [5.74, 6) is 0. The summed E-state index contributed by atoms with van der Waals surface area (Å²) in [5, 5.41) is 0. The van der Waals surface area contributed by atoms with Gasteiger partial charge < -0.3 is 9.53 Å². The number of rotatable bonds is 3. The first kappa shape index (κ1) is 9.71. The lowest BCUT2D eigenvalue weighted by Gasteiger charge is -2.18. The third kappa shape index (κ3) is 1.83. The molecule has 1 aliphatic heterocycles. The maximum atomic E-state index is 11.3. The molecule has 78 valence electrons. The second kappa shape index (κ2) is 4.13. The number of cyclic esters (lactones) is 1. The van der Waals surface area contributed by atoms with Crippen LogP contribution in [0.2, 0.25) is 0 Å². The Morgan fingerprint density at radius 3 is 2.80 bits per heavy atom. The van der Waals surface area contributed by atoms with Gasteiger partial charge in [-0.2, -0.15) is 0 Å². The first-order chi connectivity index (χ1) is 7.33. The van der Waals surface area contributed by atoms with Crippen LogP contribution in [0.15, 0.2) is 30.3 Å². The van der Waals surface area contributed by atoms with Crippen LogP contribution in [0, 0.1) is 0 Å². The van der Waals surface area contributed by atoms with Gasteiger partial charge in [0.1, 0.15) is 12.9 Å². The van der Waals surface area contributed by atoms with E-state index >= 15 is 0 Å². The highest BCUT2D eigenvalue weighted by atomic mass is 16.6. The number of nitrogens with zero attached hydrogens (tertiary/aromatic N) is 1. The van der Waals surface area contributed by atoms with Crippen LogP contribution in [0.3, 0.4) is 0 Å². The average Bonchev–Trinajstić information content (AvgIpc) is 2.63. The molecule has 1 aromatic rings. The largest absolute Gasteiger partial charge is 0.447 e. The summed E-state index contributed by atoms with van der Waals surface area (Å²) in [7, 11) is 0. The second-order valence-electron chi connectivity index (χ2n) is 3.32. The number of carbonyl (C=O) groups is 2. The first-order valence-corrected chi connectivity index (χ1v) is 4.75. The van der Waals surface area contributed by atoms with Gasteiger partial charge in [0.05, 0.1) is 12.6 Å². The van der Waals surface area contributed by atoms with Crippen molar-refractivity contribution in [2.24, 2.45) is 0 Å². The van der Waals surface area contributed by atoms with Gasteiger partial charge in [-0.3, -0.25) is 4.90 Å². The van der Waals surface area contributed by atoms with E-state index in [-0.39, 0.29) is 12.6 Å². The highest BCUT2D eigenvalue weighted by Crippen LogP contribution is 2.26. The molecule has 1 aliphatic rings. The third-order valence-electron chi connectivity index (χ3n) is 2.43. The highest BCUT2D eigenvalue weighted by molar-refractivity contribution is 5.73. The van der Waals surface area contributed by atoms with Gasteiger partial charge in [-0.1, -0.05) is 30.3 Å². The zero-order chi connectivity index (χ0) is 10.7. The van der Waals surface area contributed by atoms with Gasteiger partial charge in [-0.15, -0.1) is 0 Å². The standard InChI is InChI=1S/C11H11NO3/c13-7-6-12-10(8-15-11(12)14)9-4-2-1-3-5-9/h1-5,7,10H,6,8H2/t10-/m1/s1. The van der Waals surface area contributed by atoms with Crippen molar-refractivity contribution in [3.63, 3.8) is 0 Å². The lowest BCUT2D eigenvalue weighted by molar-refractivity contribution is -0.108. The smallest absolute Gasteiger partial charge is 0.410 e. The summed E-state index contributed by atoms with van der Waals surface area (Å²) in [6, 6.07) is 9.41. The molecule has 0 spiro atoms. The summed E-state index contributed by atoms with van der Waals surface area (Å²) in [5.41, 5.74) is 0.991. The molecule has 0 N–H and O–H groups in total. The van der Waals surface area contributed by atoms with E-state index in [0.717, 1.165) is 5.56 Å². The molecule has 0 radical (unpaired) electrons. The average molecular weight is 205 g/mol. The Labute approximate surface area is 87.4 Å². The van der Waals surface area contributed by atoms with Crippen molar-refractivity contribution in [3.8, 4) is 0 Å². The molecule has 0 unspecified atom stereocenters. The summed E-state index contributed by atoms with van der Waals surface area (Å²) in [6.45, 7) is 0.398. The van der Waals surface area contributed by atoms with Gasteiger partial charge in [0.2, 0.25) is 0 Å². The topological polar surface area (TPSA) is 46.6 Å². The SMILES string of the molecule is O=CCN1C(=O)OC[C@@H]1c1ccccc1. The molecule has 1 atom stereocenters. The summed E-state index contributed by atoms with van der Waals surface area (Å²) in [4.78, 5) is 23.2. The van der Waals surface area contributed by atoms with Crippen molar-refractivity contribution in [2.75, 3.05) is 13.2 Å². The highest BCUT2D eigenvalue weighted by Gasteiger charge is 2.33. The van der Waals surface area contributed by atoms with E-state index in [4.69, 9.17) is 4.74 Å². The Kier molecular flexibility index (Phi) is 2.67. The summed E-state index contributed by atoms with van der Waals surface area (Å²) in [6.07, 6.45) is 0.290. The van der Waals surface area contributed by atoms with Gasteiger partial charge in [0.25, 0.3) is 0 Å². The van der Waals surface area contributed by atoms with Crippen LogP contribution in [0.1, 0.15) is 11.6 Å². The second-order valence-corrected chi connectivity index (χ2v) is 3.32. The third-order valence-corrected chi connectivity index (χ3v) is 2.43. The normalized spacial score (nSPS) is 20.1. The number of carbonyl (C=O) groups excluding carboxylic acids is 2. The van der Waals surface area contributed by atoms with Crippen molar-refractivity contribution in [1.82, 2.24) is 4.90 Å². The number of benzene rings is 1. The van der Waals surface area contributed by atoms with Crippen LogP contribution in [-0.4, -0.2) is 30.4 Å². The van der Waals surface area contributed by atoms with Crippen LogP contribution in [-0.2, 0) is 9.53 Å². The van der Waals surface area contributed by atoms with E-state index in [0.29, 0.717) is 12.9 Å². The zero-order valence-corrected chi connectivity index (χ0v) is 8.13.